The molecule has 1 aromatic rings. The van der Waals surface area contributed by atoms with Crippen LogP contribution in [-0.2, 0) is 23.8 Å². The molecule has 1 aromatic heterocycles. The van der Waals surface area contributed by atoms with E-state index < -0.39 is 23.3 Å². The molecule has 3 N–H and O–H groups in total. The molecule has 0 spiro atoms. The van der Waals surface area contributed by atoms with Crippen molar-refractivity contribution in [1.82, 2.24) is 15.5 Å². The summed E-state index contributed by atoms with van der Waals surface area (Å²) in [4.78, 5) is 12.5. The zero-order valence-corrected chi connectivity index (χ0v) is 12.8. The summed E-state index contributed by atoms with van der Waals surface area (Å²) in [5.41, 5.74) is -1.03. The number of fused-ring (bicyclic) bond motifs is 1. The summed E-state index contributed by atoms with van der Waals surface area (Å²) in [6.45, 7) is 1.62. The molecule has 1 fully saturated rings. The van der Waals surface area contributed by atoms with E-state index in [-0.39, 0.29) is 30.4 Å². The van der Waals surface area contributed by atoms with Gasteiger partial charge in [0.2, 0.25) is 5.91 Å². The van der Waals surface area contributed by atoms with E-state index in [1.165, 1.54) is 0 Å². The molecule has 0 aliphatic heterocycles. The first-order valence-corrected chi connectivity index (χ1v) is 7.81. The van der Waals surface area contributed by atoms with Crippen LogP contribution in [0.3, 0.4) is 0 Å². The van der Waals surface area contributed by atoms with Crippen molar-refractivity contribution in [2.24, 2.45) is 11.8 Å². The Bertz CT molecular complexity index is 610. The molecule has 0 bridgehead atoms. The zero-order chi connectivity index (χ0) is 16.8. The van der Waals surface area contributed by atoms with E-state index in [9.17, 15) is 23.1 Å². The van der Waals surface area contributed by atoms with Gasteiger partial charge in [-0.15, -0.1) is 0 Å². The lowest BCUT2D eigenvalue weighted by Crippen LogP contribution is -2.53. The fraction of sp³-hybridized carbons (Fsp3) is 0.733. The van der Waals surface area contributed by atoms with Crippen LogP contribution in [0.5, 0.6) is 0 Å². The number of H-pyrrole nitrogens is 1. The van der Waals surface area contributed by atoms with Crippen LogP contribution in [-0.4, -0.2) is 33.4 Å². The summed E-state index contributed by atoms with van der Waals surface area (Å²) in [6.07, 6.45) is -1.74. The lowest BCUT2D eigenvalue weighted by atomic mass is 9.84. The van der Waals surface area contributed by atoms with Gasteiger partial charge in [-0.2, -0.15) is 18.3 Å². The van der Waals surface area contributed by atoms with Gasteiger partial charge >= 0.3 is 6.18 Å². The normalized spacial score (nSPS) is 24.0. The molecule has 1 amide bonds. The summed E-state index contributed by atoms with van der Waals surface area (Å²) >= 11 is 0. The van der Waals surface area contributed by atoms with Crippen LogP contribution >= 0.6 is 0 Å². The van der Waals surface area contributed by atoms with Gasteiger partial charge in [-0.1, -0.05) is 0 Å². The number of aromatic nitrogens is 2. The van der Waals surface area contributed by atoms with Gasteiger partial charge in [0.05, 0.1) is 12.1 Å². The molecular formula is C15H20F3N3O2. The van der Waals surface area contributed by atoms with E-state index >= 15 is 0 Å². The summed E-state index contributed by atoms with van der Waals surface area (Å²) < 4.78 is 38.9. The molecule has 0 saturated heterocycles. The molecule has 23 heavy (non-hydrogen) atoms. The van der Waals surface area contributed by atoms with E-state index in [0.717, 1.165) is 12.8 Å². The third-order valence-corrected chi connectivity index (χ3v) is 5.00. The number of carbonyl (C=O) groups is 1. The van der Waals surface area contributed by atoms with Crippen molar-refractivity contribution < 1.29 is 23.1 Å². The molecule has 1 saturated carbocycles. The predicted molar refractivity (Wildman–Crippen MR) is 75.5 cm³/mol. The number of nitrogens with zero attached hydrogens (tertiary/aromatic N) is 1. The van der Waals surface area contributed by atoms with Crippen molar-refractivity contribution in [2.75, 3.05) is 6.61 Å². The van der Waals surface area contributed by atoms with Crippen molar-refractivity contribution >= 4 is 5.91 Å². The fourth-order valence-corrected chi connectivity index (χ4v) is 3.33. The van der Waals surface area contributed by atoms with Crippen molar-refractivity contribution in [3.63, 3.8) is 0 Å². The monoisotopic (exact) mass is 331 g/mol. The lowest BCUT2D eigenvalue weighted by molar-refractivity contribution is -0.142. The zero-order valence-electron chi connectivity index (χ0n) is 12.8. The number of alkyl halides is 3. The van der Waals surface area contributed by atoms with Gasteiger partial charge in [0.25, 0.3) is 0 Å². The fourth-order valence-electron chi connectivity index (χ4n) is 3.33. The molecule has 2 atom stereocenters. The van der Waals surface area contributed by atoms with Gasteiger partial charge in [-0.05, 0) is 44.9 Å². The Kier molecular flexibility index (Phi) is 3.90. The minimum atomic E-state index is -4.52. The van der Waals surface area contributed by atoms with Gasteiger partial charge in [0, 0.05) is 17.2 Å². The van der Waals surface area contributed by atoms with Crippen molar-refractivity contribution in [3.8, 4) is 0 Å². The Morgan fingerprint density at radius 3 is 2.65 bits per heavy atom. The van der Waals surface area contributed by atoms with Crippen LogP contribution in [0.15, 0.2) is 0 Å². The highest BCUT2D eigenvalue weighted by molar-refractivity contribution is 5.80. The number of hydrogen-bond acceptors (Lipinski definition) is 3. The largest absolute Gasteiger partial charge is 0.435 e. The van der Waals surface area contributed by atoms with Crippen molar-refractivity contribution in [3.05, 3.63) is 17.0 Å². The SMILES string of the molecule is CC(CO)(NC(=O)C1CCc2[nH]nc(C(F)(F)F)c2C1)C1CC1. The number of aryl methyl sites for hydroxylation is 1. The maximum atomic E-state index is 13.0. The van der Waals surface area contributed by atoms with Crippen LogP contribution in [0.25, 0.3) is 0 Å². The second-order valence-corrected chi connectivity index (χ2v) is 6.81. The van der Waals surface area contributed by atoms with Crippen LogP contribution in [0, 0.1) is 11.8 Å². The number of hydrogen-bond donors (Lipinski definition) is 3. The standard InChI is InChI=1S/C15H20F3N3O2/c1-14(7-22,9-3-4-9)19-13(23)8-2-5-11-10(6-8)12(21-20-11)15(16,17)18/h8-9,22H,2-7H2,1H3,(H,19,23)(H,20,21). The highest BCUT2D eigenvalue weighted by Gasteiger charge is 2.44. The lowest BCUT2D eigenvalue weighted by Gasteiger charge is -2.32. The number of aliphatic hydroxyl groups excluding tert-OH is 1. The van der Waals surface area contributed by atoms with Crippen LogP contribution < -0.4 is 5.32 Å². The second kappa shape index (κ2) is 5.51. The molecule has 2 aliphatic rings. The average Bonchev–Trinajstić information content (AvgIpc) is 3.25. The Hall–Kier alpha value is -1.57. The maximum absolute atomic E-state index is 13.0. The molecule has 8 heteroatoms. The Balaban J connectivity index is 1.74. The van der Waals surface area contributed by atoms with Crippen molar-refractivity contribution in [1.29, 1.82) is 0 Å². The highest BCUT2D eigenvalue weighted by atomic mass is 19.4. The molecule has 128 valence electrons. The van der Waals surface area contributed by atoms with E-state index in [1.54, 1.807) is 6.92 Å². The summed E-state index contributed by atoms with van der Waals surface area (Å²) in [5.74, 6) is -0.561. The Morgan fingerprint density at radius 1 is 1.39 bits per heavy atom. The molecule has 2 aliphatic carbocycles. The number of halogens is 3. The first-order valence-electron chi connectivity index (χ1n) is 7.81. The summed E-state index contributed by atoms with van der Waals surface area (Å²) in [5, 5.41) is 18.2. The van der Waals surface area contributed by atoms with Gasteiger partial charge in [-0.25, -0.2) is 0 Å². The Morgan fingerprint density at radius 2 is 2.09 bits per heavy atom. The quantitative estimate of drug-likeness (QED) is 0.787. The van der Waals surface area contributed by atoms with Gasteiger partial charge in [0.15, 0.2) is 5.69 Å². The average molecular weight is 331 g/mol. The topological polar surface area (TPSA) is 78.0 Å². The van der Waals surface area contributed by atoms with Gasteiger partial charge < -0.3 is 10.4 Å². The minimum absolute atomic E-state index is 0.0265. The molecule has 5 nitrogen and oxygen atoms in total. The maximum Gasteiger partial charge on any atom is 0.435 e. The number of rotatable bonds is 4. The van der Waals surface area contributed by atoms with Gasteiger partial charge in [-0.3, -0.25) is 9.89 Å². The Labute approximate surface area is 131 Å². The van der Waals surface area contributed by atoms with E-state index in [4.69, 9.17) is 0 Å². The van der Waals surface area contributed by atoms with E-state index in [2.05, 4.69) is 15.5 Å². The minimum Gasteiger partial charge on any atom is -0.394 e. The van der Waals surface area contributed by atoms with Crippen LogP contribution in [0.2, 0.25) is 0 Å². The molecule has 3 rings (SSSR count). The highest BCUT2D eigenvalue weighted by Crippen LogP contribution is 2.40. The smallest absolute Gasteiger partial charge is 0.394 e. The predicted octanol–water partition coefficient (Wildman–Crippen LogP) is 1.81. The van der Waals surface area contributed by atoms with Gasteiger partial charge in [0.1, 0.15) is 0 Å². The number of aromatic amines is 1. The third kappa shape index (κ3) is 3.08. The number of nitrogens with one attached hydrogen (secondary N) is 2. The van der Waals surface area contributed by atoms with Crippen molar-refractivity contribution in [2.45, 2.75) is 50.7 Å². The first-order chi connectivity index (χ1) is 10.7. The first kappa shape index (κ1) is 16.3. The van der Waals surface area contributed by atoms with E-state index in [1.807, 2.05) is 0 Å². The summed E-state index contributed by atoms with van der Waals surface area (Å²) in [7, 11) is 0. The molecular weight excluding hydrogens is 311 g/mol. The molecule has 1 heterocycles. The number of amides is 1. The number of carbonyl (C=O) groups excluding carboxylic acids is 1. The summed E-state index contributed by atoms with van der Waals surface area (Å²) in [6, 6.07) is 0. The second-order valence-electron chi connectivity index (χ2n) is 6.81. The van der Waals surface area contributed by atoms with Crippen LogP contribution in [0.1, 0.15) is 43.1 Å². The third-order valence-electron chi connectivity index (χ3n) is 5.00. The molecule has 0 aromatic carbocycles. The van der Waals surface area contributed by atoms with Crippen LogP contribution in [0.4, 0.5) is 13.2 Å². The number of aliphatic hydroxyl groups is 1. The molecule has 2 unspecified atom stereocenters. The molecule has 0 radical (unpaired) electrons. The van der Waals surface area contributed by atoms with E-state index in [0.29, 0.717) is 18.5 Å².